The molecule has 0 bridgehead atoms. The van der Waals surface area contributed by atoms with Crippen molar-refractivity contribution in [2.75, 3.05) is 27.9 Å². The average molecular weight is 426 g/mol. The first-order valence-electron chi connectivity index (χ1n) is 11.3. The summed E-state index contributed by atoms with van der Waals surface area (Å²) in [6.45, 7) is 3.84. The minimum Gasteiger partial charge on any atom is -0.493 e. The number of methoxy groups -OCH3 is 3. The monoisotopic (exact) mass is 425 g/mol. The summed E-state index contributed by atoms with van der Waals surface area (Å²) < 4.78 is 16.9. The van der Waals surface area contributed by atoms with Crippen molar-refractivity contribution in [2.24, 2.45) is 5.92 Å². The molecule has 0 spiro atoms. The summed E-state index contributed by atoms with van der Waals surface area (Å²) >= 11 is 0. The van der Waals surface area contributed by atoms with Crippen LogP contribution in [-0.2, 0) is 6.54 Å². The lowest BCUT2D eigenvalue weighted by Crippen LogP contribution is -2.54. The third kappa shape index (κ3) is 4.26. The smallest absolute Gasteiger partial charge is 0.203 e. The second-order valence-electron chi connectivity index (χ2n) is 9.07. The number of aryl methyl sites for hydroxylation is 1. The van der Waals surface area contributed by atoms with Crippen LogP contribution in [0.15, 0.2) is 36.4 Å². The lowest BCUT2D eigenvalue weighted by Gasteiger charge is -2.53. The second-order valence-corrected chi connectivity index (χ2v) is 9.07. The maximum Gasteiger partial charge on any atom is 0.203 e. The predicted molar refractivity (Wildman–Crippen MR) is 122 cm³/mol. The zero-order chi connectivity index (χ0) is 22.0. The molecule has 0 radical (unpaired) electrons. The first kappa shape index (κ1) is 22.0. The van der Waals surface area contributed by atoms with Gasteiger partial charge in [0, 0.05) is 25.0 Å². The molecule has 2 aromatic rings. The van der Waals surface area contributed by atoms with Gasteiger partial charge in [0.05, 0.1) is 26.9 Å². The molecular formula is C26H35NO4. The molecule has 5 nitrogen and oxygen atoms in total. The van der Waals surface area contributed by atoms with Crippen molar-refractivity contribution in [2.45, 2.75) is 57.2 Å². The normalized spacial score (nSPS) is 26.2. The molecule has 2 aromatic carbocycles. The Morgan fingerprint density at radius 1 is 0.968 bits per heavy atom. The Hall–Kier alpha value is -2.24. The van der Waals surface area contributed by atoms with E-state index < -0.39 is 5.60 Å². The number of rotatable bonds is 6. The molecule has 2 unspecified atom stereocenters. The molecule has 1 N–H and O–H groups in total. The fraction of sp³-hybridized carbons (Fsp3) is 0.538. The van der Waals surface area contributed by atoms with E-state index in [0.717, 1.165) is 50.8 Å². The molecule has 1 saturated heterocycles. The lowest BCUT2D eigenvalue weighted by atomic mass is 9.66. The van der Waals surface area contributed by atoms with Gasteiger partial charge in [-0.25, -0.2) is 0 Å². The molecule has 3 atom stereocenters. The van der Waals surface area contributed by atoms with E-state index in [1.165, 1.54) is 11.1 Å². The van der Waals surface area contributed by atoms with E-state index in [0.29, 0.717) is 17.2 Å². The Kier molecular flexibility index (Phi) is 6.44. The van der Waals surface area contributed by atoms with Gasteiger partial charge < -0.3 is 19.3 Å². The standard InChI is InChI=1S/C26H35NO4/c1-18-8-10-19(11-9-18)17-27-14-13-26(28)12-6-5-7-21(26)24(27)20-15-22(29-2)25(31-4)23(16-20)30-3/h8-11,15-16,21,24,28H,5-7,12-14,17H2,1-4H3/t21?,24-,26?/m0/s1. The third-order valence-electron chi connectivity index (χ3n) is 7.21. The number of likely N-dealkylation sites (tertiary alicyclic amines) is 1. The number of aliphatic hydroxyl groups is 1. The van der Waals surface area contributed by atoms with Crippen molar-refractivity contribution in [3.8, 4) is 17.2 Å². The van der Waals surface area contributed by atoms with E-state index in [9.17, 15) is 5.11 Å². The topological polar surface area (TPSA) is 51.2 Å². The highest BCUT2D eigenvalue weighted by Gasteiger charge is 2.49. The first-order chi connectivity index (χ1) is 15.0. The van der Waals surface area contributed by atoms with Gasteiger partial charge in [-0.3, -0.25) is 4.90 Å². The van der Waals surface area contributed by atoms with Crippen LogP contribution in [-0.4, -0.2) is 43.5 Å². The Labute approximate surface area is 185 Å². The van der Waals surface area contributed by atoms with Gasteiger partial charge in [-0.15, -0.1) is 0 Å². The van der Waals surface area contributed by atoms with E-state index in [1.807, 2.05) is 0 Å². The summed E-state index contributed by atoms with van der Waals surface area (Å²) in [4.78, 5) is 2.52. The highest BCUT2D eigenvalue weighted by molar-refractivity contribution is 5.54. The summed E-state index contributed by atoms with van der Waals surface area (Å²) in [5.41, 5.74) is 3.08. The zero-order valence-electron chi connectivity index (χ0n) is 19.2. The zero-order valence-corrected chi connectivity index (χ0v) is 19.2. The molecule has 31 heavy (non-hydrogen) atoms. The van der Waals surface area contributed by atoms with Gasteiger partial charge >= 0.3 is 0 Å². The fourth-order valence-corrected chi connectivity index (χ4v) is 5.56. The molecular weight excluding hydrogens is 390 g/mol. The molecule has 1 aliphatic heterocycles. The van der Waals surface area contributed by atoms with Crippen molar-refractivity contribution in [3.63, 3.8) is 0 Å². The van der Waals surface area contributed by atoms with Crippen LogP contribution in [0.5, 0.6) is 17.2 Å². The molecule has 4 rings (SSSR count). The van der Waals surface area contributed by atoms with Gasteiger partial charge in [-0.1, -0.05) is 42.7 Å². The maximum atomic E-state index is 11.6. The van der Waals surface area contributed by atoms with Crippen molar-refractivity contribution >= 4 is 0 Å². The lowest BCUT2D eigenvalue weighted by molar-refractivity contribution is -0.126. The van der Waals surface area contributed by atoms with Crippen molar-refractivity contribution in [1.29, 1.82) is 0 Å². The highest BCUT2D eigenvalue weighted by Crippen LogP contribution is 2.51. The quantitative estimate of drug-likeness (QED) is 0.714. The molecule has 1 aliphatic carbocycles. The van der Waals surface area contributed by atoms with Crippen molar-refractivity contribution in [3.05, 3.63) is 53.1 Å². The van der Waals surface area contributed by atoms with Crippen molar-refractivity contribution in [1.82, 2.24) is 4.90 Å². The number of hydrogen-bond donors (Lipinski definition) is 1. The van der Waals surface area contributed by atoms with Gasteiger partial charge in [0.15, 0.2) is 11.5 Å². The van der Waals surface area contributed by atoms with Crippen LogP contribution in [0.2, 0.25) is 0 Å². The Morgan fingerprint density at radius 2 is 1.65 bits per heavy atom. The summed E-state index contributed by atoms with van der Waals surface area (Å²) in [5, 5.41) is 11.6. The number of benzene rings is 2. The SMILES string of the molecule is COc1cc([C@H]2C3CCCCC3(O)CCN2Cc2ccc(C)cc2)cc(OC)c1OC. The predicted octanol–water partition coefficient (Wildman–Crippen LogP) is 4.89. The molecule has 2 aliphatic rings. The first-order valence-corrected chi connectivity index (χ1v) is 11.3. The summed E-state index contributed by atoms with van der Waals surface area (Å²) in [7, 11) is 4.94. The van der Waals surface area contributed by atoms with E-state index >= 15 is 0 Å². The molecule has 1 heterocycles. The fourth-order valence-electron chi connectivity index (χ4n) is 5.56. The highest BCUT2D eigenvalue weighted by atomic mass is 16.5. The van der Waals surface area contributed by atoms with Crippen LogP contribution in [0.4, 0.5) is 0 Å². The van der Waals surface area contributed by atoms with E-state index in [4.69, 9.17) is 14.2 Å². The second kappa shape index (κ2) is 9.09. The van der Waals surface area contributed by atoms with E-state index in [1.54, 1.807) is 21.3 Å². The average Bonchev–Trinajstić information content (AvgIpc) is 2.79. The number of nitrogens with zero attached hydrogens (tertiary/aromatic N) is 1. The van der Waals surface area contributed by atoms with Gasteiger partial charge in [0.25, 0.3) is 0 Å². The number of fused-ring (bicyclic) bond motifs is 1. The largest absolute Gasteiger partial charge is 0.493 e. The Morgan fingerprint density at radius 3 is 2.26 bits per heavy atom. The van der Waals surface area contributed by atoms with Crippen LogP contribution in [0.1, 0.15) is 54.8 Å². The Bertz CT molecular complexity index is 872. The summed E-state index contributed by atoms with van der Waals surface area (Å²) in [6.07, 6.45) is 5.00. The van der Waals surface area contributed by atoms with Crippen LogP contribution in [0, 0.1) is 12.8 Å². The molecule has 0 amide bonds. The third-order valence-corrected chi connectivity index (χ3v) is 7.21. The van der Waals surface area contributed by atoms with Crippen LogP contribution >= 0.6 is 0 Å². The molecule has 168 valence electrons. The van der Waals surface area contributed by atoms with E-state index in [2.05, 4.69) is 48.2 Å². The molecule has 5 heteroatoms. The molecule has 1 saturated carbocycles. The van der Waals surface area contributed by atoms with Crippen LogP contribution < -0.4 is 14.2 Å². The van der Waals surface area contributed by atoms with Crippen molar-refractivity contribution < 1.29 is 19.3 Å². The molecule has 2 fully saturated rings. The summed E-state index contributed by atoms with van der Waals surface area (Å²) in [5.74, 6) is 2.12. The number of hydrogen-bond acceptors (Lipinski definition) is 5. The van der Waals surface area contributed by atoms with Gasteiger partial charge in [-0.05, 0) is 49.4 Å². The van der Waals surface area contributed by atoms with Gasteiger partial charge in [-0.2, -0.15) is 0 Å². The van der Waals surface area contributed by atoms with Gasteiger partial charge in [0.2, 0.25) is 5.75 Å². The van der Waals surface area contributed by atoms with Crippen LogP contribution in [0.3, 0.4) is 0 Å². The summed E-state index contributed by atoms with van der Waals surface area (Å²) in [6, 6.07) is 13.0. The minimum absolute atomic E-state index is 0.0917. The maximum absolute atomic E-state index is 11.6. The molecule has 0 aromatic heterocycles. The number of ether oxygens (including phenoxy) is 3. The Balaban J connectivity index is 1.77. The van der Waals surface area contributed by atoms with Crippen LogP contribution in [0.25, 0.3) is 0 Å². The van der Waals surface area contributed by atoms with E-state index in [-0.39, 0.29) is 12.0 Å². The number of piperidine rings is 1. The minimum atomic E-state index is -0.604. The van der Waals surface area contributed by atoms with Gasteiger partial charge in [0.1, 0.15) is 0 Å².